The van der Waals surface area contributed by atoms with Gasteiger partial charge in [-0.3, -0.25) is 9.59 Å². The van der Waals surface area contributed by atoms with Crippen molar-refractivity contribution in [2.45, 2.75) is 45.2 Å². The molecule has 0 aromatic rings. The molecule has 0 saturated carbocycles. The third kappa shape index (κ3) is 3.70. The van der Waals surface area contributed by atoms with Crippen LogP contribution in [0.25, 0.3) is 0 Å². The molecule has 0 aromatic heterocycles. The zero-order valence-electron chi connectivity index (χ0n) is 11.9. The van der Waals surface area contributed by atoms with Gasteiger partial charge in [-0.1, -0.05) is 6.92 Å². The lowest BCUT2D eigenvalue weighted by Crippen LogP contribution is -2.62. The van der Waals surface area contributed by atoms with Crippen molar-refractivity contribution >= 4 is 11.8 Å². The molecule has 2 amide bonds. The zero-order valence-corrected chi connectivity index (χ0v) is 11.9. The molecule has 18 heavy (non-hydrogen) atoms. The Bertz CT molecular complexity index is 305. The minimum Gasteiger partial charge on any atom is -0.343 e. The van der Waals surface area contributed by atoms with Crippen molar-refractivity contribution in [3.8, 4) is 0 Å². The van der Waals surface area contributed by atoms with Crippen LogP contribution in [-0.4, -0.2) is 60.9 Å². The van der Waals surface area contributed by atoms with Gasteiger partial charge in [0.15, 0.2) is 0 Å². The van der Waals surface area contributed by atoms with E-state index in [1.807, 2.05) is 21.0 Å². The Hall–Kier alpha value is -1.10. The maximum atomic E-state index is 12.1. The molecular weight excluding hydrogens is 230 g/mol. The molecule has 2 atom stereocenters. The van der Waals surface area contributed by atoms with Gasteiger partial charge in [-0.2, -0.15) is 0 Å². The minimum absolute atomic E-state index is 0.0165. The number of piperazine rings is 1. The molecular formula is C13H25N3O2. The number of carbonyl (C=O) groups excluding carboxylic acids is 2. The topological polar surface area (TPSA) is 52.7 Å². The predicted octanol–water partition coefficient (Wildman–Crippen LogP) is 0.454. The first kappa shape index (κ1) is 15.0. The molecule has 0 aromatic carbocycles. The Kier molecular flexibility index (Phi) is 5.59. The average molecular weight is 255 g/mol. The van der Waals surface area contributed by atoms with Gasteiger partial charge in [0.2, 0.25) is 11.8 Å². The van der Waals surface area contributed by atoms with E-state index in [-0.39, 0.29) is 23.9 Å². The zero-order chi connectivity index (χ0) is 13.7. The second kappa shape index (κ2) is 6.73. The number of rotatable bonds is 6. The summed E-state index contributed by atoms with van der Waals surface area (Å²) in [5.41, 5.74) is 0. The van der Waals surface area contributed by atoms with Crippen LogP contribution in [0, 0.1) is 0 Å². The van der Waals surface area contributed by atoms with E-state index in [1.165, 1.54) is 0 Å². The smallest absolute Gasteiger partial charge is 0.245 e. The normalized spacial score (nSPS) is 24.6. The lowest BCUT2D eigenvalue weighted by molar-refractivity contribution is -0.149. The summed E-state index contributed by atoms with van der Waals surface area (Å²) in [6, 6.07) is -0.665. The van der Waals surface area contributed by atoms with E-state index in [2.05, 4.69) is 10.2 Å². The highest BCUT2D eigenvalue weighted by molar-refractivity contribution is 5.96. The van der Waals surface area contributed by atoms with Crippen LogP contribution < -0.4 is 5.32 Å². The van der Waals surface area contributed by atoms with Gasteiger partial charge < -0.3 is 15.1 Å². The summed E-state index contributed by atoms with van der Waals surface area (Å²) >= 11 is 0. The maximum Gasteiger partial charge on any atom is 0.245 e. The van der Waals surface area contributed by atoms with Crippen LogP contribution >= 0.6 is 0 Å². The Morgan fingerprint density at radius 1 is 1.28 bits per heavy atom. The van der Waals surface area contributed by atoms with Crippen molar-refractivity contribution < 1.29 is 9.59 Å². The Morgan fingerprint density at radius 2 is 1.94 bits per heavy atom. The quantitative estimate of drug-likeness (QED) is 0.701. The van der Waals surface area contributed by atoms with E-state index in [9.17, 15) is 9.59 Å². The van der Waals surface area contributed by atoms with E-state index >= 15 is 0 Å². The molecule has 5 heteroatoms. The van der Waals surface area contributed by atoms with Crippen LogP contribution in [-0.2, 0) is 9.59 Å². The molecule has 1 N–H and O–H groups in total. The monoisotopic (exact) mass is 255 g/mol. The molecule has 1 saturated heterocycles. The van der Waals surface area contributed by atoms with E-state index < -0.39 is 0 Å². The van der Waals surface area contributed by atoms with Gasteiger partial charge in [0.05, 0.1) is 0 Å². The van der Waals surface area contributed by atoms with Crippen LogP contribution in [0.15, 0.2) is 0 Å². The second-order valence-corrected chi connectivity index (χ2v) is 5.20. The Balaban J connectivity index is 2.52. The first-order chi connectivity index (χ1) is 8.47. The van der Waals surface area contributed by atoms with Crippen molar-refractivity contribution in [3.05, 3.63) is 0 Å². The molecule has 1 aliphatic heterocycles. The lowest BCUT2D eigenvalue weighted by atomic mass is 10.1. The molecule has 0 spiro atoms. The molecule has 5 nitrogen and oxygen atoms in total. The van der Waals surface area contributed by atoms with Gasteiger partial charge in [0.25, 0.3) is 0 Å². The molecule has 104 valence electrons. The largest absolute Gasteiger partial charge is 0.343 e. The van der Waals surface area contributed by atoms with E-state index in [1.54, 1.807) is 11.8 Å². The van der Waals surface area contributed by atoms with Crippen molar-refractivity contribution in [2.75, 3.05) is 27.2 Å². The number of amides is 2. The van der Waals surface area contributed by atoms with Crippen molar-refractivity contribution in [3.63, 3.8) is 0 Å². The van der Waals surface area contributed by atoms with Crippen LogP contribution in [0.5, 0.6) is 0 Å². The Labute approximate surface area is 110 Å². The lowest BCUT2D eigenvalue weighted by Gasteiger charge is -2.37. The summed E-state index contributed by atoms with van der Waals surface area (Å²) in [4.78, 5) is 27.8. The van der Waals surface area contributed by atoms with E-state index in [0.29, 0.717) is 13.0 Å². The number of nitrogens with zero attached hydrogens (tertiary/aromatic N) is 2. The molecule has 1 fully saturated rings. The molecule has 0 bridgehead atoms. The van der Waals surface area contributed by atoms with E-state index in [0.717, 1.165) is 19.4 Å². The summed E-state index contributed by atoms with van der Waals surface area (Å²) in [5, 5.41) is 2.73. The number of unbranched alkanes of at least 4 members (excludes halogenated alkanes) is 1. The highest BCUT2D eigenvalue weighted by atomic mass is 16.2. The van der Waals surface area contributed by atoms with Crippen LogP contribution in [0.1, 0.15) is 33.1 Å². The molecule has 2 unspecified atom stereocenters. The molecule has 1 heterocycles. The van der Waals surface area contributed by atoms with Gasteiger partial charge >= 0.3 is 0 Å². The van der Waals surface area contributed by atoms with Crippen LogP contribution in [0.3, 0.4) is 0 Å². The van der Waals surface area contributed by atoms with Crippen molar-refractivity contribution in [2.24, 2.45) is 0 Å². The van der Waals surface area contributed by atoms with E-state index in [4.69, 9.17) is 0 Å². The van der Waals surface area contributed by atoms with Gasteiger partial charge in [-0.25, -0.2) is 0 Å². The third-order valence-electron chi connectivity index (χ3n) is 3.33. The van der Waals surface area contributed by atoms with Gasteiger partial charge in [-0.15, -0.1) is 0 Å². The van der Waals surface area contributed by atoms with Gasteiger partial charge in [0.1, 0.15) is 12.1 Å². The third-order valence-corrected chi connectivity index (χ3v) is 3.33. The second-order valence-electron chi connectivity index (χ2n) is 5.20. The number of hydrogen-bond acceptors (Lipinski definition) is 3. The standard InChI is InChI=1S/C13H25N3O2/c1-5-11-12(17)14-10(2)13(18)16(11)9-7-6-8-15(3)4/h10-11H,5-9H2,1-4H3,(H,14,17). The maximum absolute atomic E-state index is 12.1. The highest BCUT2D eigenvalue weighted by Gasteiger charge is 2.36. The summed E-state index contributed by atoms with van der Waals surface area (Å²) in [5.74, 6) is 0.0310. The predicted molar refractivity (Wildman–Crippen MR) is 71.2 cm³/mol. The fourth-order valence-corrected chi connectivity index (χ4v) is 2.30. The first-order valence-corrected chi connectivity index (χ1v) is 6.73. The summed E-state index contributed by atoms with van der Waals surface area (Å²) in [7, 11) is 4.08. The molecule has 0 radical (unpaired) electrons. The van der Waals surface area contributed by atoms with Crippen molar-refractivity contribution in [1.29, 1.82) is 0 Å². The number of hydrogen-bond donors (Lipinski definition) is 1. The molecule has 1 rings (SSSR count). The molecule has 0 aliphatic carbocycles. The fraction of sp³-hybridized carbons (Fsp3) is 0.846. The minimum atomic E-state index is -0.380. The van der Waals surface area contributed by atoms with Gasteiger partial charge in [-0.05, 0) is 46.8 Å². The summed E-state index contributed by atoms with van der Waals surface area (Å²) in [6.07, 6.45) is 2.67. The highest BCUT2D eigenvalue weighted by Crippen LogP contribution is 2.14. The number of carbonyl (C=O) groups is 2. The number of nitrogens with one attached hydrogen (secondary N) is 1. The van der Waals surface area contributed by atoms with Gasteiger partial charge in [0, 0.05) is 6.54 Å². The fourth-order valence-electron chi connectivity index (χ4n) is 2.30. The van der Waals surface area contributed by atoms with Crippen LogP contribution in [0.4, 0.5) is 0 Å². The SMILES string of the molecule is CCC1C(=O)NC(C)C(=O)N1CCCCN(C)C. The summed E-state index contributed by atoms with van der Waals surface area (Å²) in [6.45, 7) is 5.39. The van der Waals surface area contributed by atoms with Crippen molar-refractivity contribution in [1.82, 2.24) is 15.1 Å². The average Bonchev–Trinajstić information content (AvgIpc) is 2.30. The summed E-state index contributed by atoms with van der Waals surface area (Å²) < 4.78 is 0. The Morgan fingerprint density at radius 3 is 2.50 bits per heavy atom. The van der Waals surface area contributed by atoms with Crippen LogP contribution in [0.2, 0.25) is 0 Å². The first-order valence-electron chi connectivity index (χ1n) is 6.73. The molecule has 1 aliphatic rings.